The normalized spacial score (nSPS) is 11.4. The third-order valence-corrected chi connectivity index (χ3v) is 6.42. The first-order valence-corrected chi connectivity index (χ1v) is 12.9. The third kappa shape index (κ3) is 6.75. The van der Waals surface area contributed by atoms with Crippen molar-refractivity contribution in [3.8, 4) is 0 Å². The van der Waals surface area contributed by atoms with Gasteiger partial charge in [-0.3, -0.25) is 9.11 Å². The van der Waals surface area contributed by atoms with Crippen LogP contribution in [-0.4, -0.2) is 30.9 Å². The van der Waals surface area contributed by atoms with E-state index in [0.29, 0.717) is 28.6 Å². The molecule has 0 radical (unpaired) electrons. The van der Waals surface area contributed by atoms with E-state index in [-0.39, 0.29) is 9.79 Å². The van der Waals surface area contributed by atoms with Gasteiger partial charge in [0.15, 0.2) is 0 Å². The largest absolute Gasteiger partial charge is 0.340 e. The van der Waals surface area contributed by atoms with E-state index in [0.717, 1.165) is 11.1 Å². The molecular formula is C22H27N3O6S2. The van der Waals surface area contributed by atoms with Crippen molar-refractivity contribution in [2.75, 3.05) is 10.6 Å². The van der Waals surface area contributed by atoms with Gasteiger partial charge >= 0.3 is 0 Å². The van der Waals surface area contributed by atoms with Gasteiger partial charge in [0.2, 0.25) is 0 Å². The lowest BCUT2D eigenvalue weighted by atomic mass is 10.1. The average molecular weight is 494 g/mol. The molecule has 0 bridgehead atoms. The summed E-state index contributed by atoms with van der Waals surface area (Å²) in [5.74, 6) is 1.04. The Balaban J connectivity index is 0.00000187. The number of hydrogen-bond donors (Lipinski definition) is 4. The molecule has 0 fully saturated rings. The maximum atomic E-state index is 11.3. The Bertz CT molecular complexity index is 1350. The third-order valence-electron chi connectivity index (χ3n) is 4.71. The van der Waals surface area contributed by atoms with Gasteiger partial charge in [-0.15, -0.1) is 0 Å². The number of aromatic nitrogens is 1. The van der Waals surface area contributed by atoms with Crippen molar-refractivity contribution in [3.05, 3.63) is 65.2 Å². The zero-order valence-corrected chi connectivity index (χ0v) is 20.5. The number of aryl methyl sites for hydroxylation is 2. The quantitative estimate of drug-likeness (QED) is 0.348. The van der Waals surface area contributed by atoms with E-state index in [9.17, 15) is 21.4 Å². The molecule has 0 amide bonds. The molecule has 4 N–H and O–H groups in total. The van der Waals surface area contributed by atoms with Crippen LogP contribution in [0.3, 0.4) is 0 Å². The van der Waals surface area contributed by atoms with Gasteiger partial charge in [-0.05, 0) is 86.0 Å². The molecule has 9 nitrogen and oxygen atoms in total. The molecule has 0 aliphatic heterocycles. The summed E-state index contributed by atoms with van der Waals surface area (Å²) >= 11 is 0. The van der Waals surface area contributed by atoms with E-state index in [1.54, 1.807) is 13.0 Å². The van der Waals surface area contributed by atoms with Crippen LogP contribution in [0.15, 0.2) is 58.3 Å². The van der Waals surface area contributed by atoms with E-state index in [1.807, 2.05) is 33.8 Å². The minimum atomic E-state index is -4.29. The number of hydrogen-bond acceptors (Lipinski definition) is 7. The number of anilines is 4. The molecular weight excluding hydrogens is 466 g/mol. The lowest BCUT2D eigenvalue weighted by Gasteiger charge is -2.16. The van der Waals surface area contributed by atoms with Crippen LogP contribution >= 0.6 is 0 Å². The first-order chi connectivity index (χ1) is 15.3. The molecule has 0 atom stereocenters. The van der Waals surface area contributed by atoms with Crippen LogP contribution in [0.1, 0.15) is 30.5 Å². The van der Waals surface area contributed by atoms with E-state index in [1.165, 1.54) is 36.4 Å². The standard InChI is InChI=1S/C20H21N3O6S2.C2H6/c1-12-11-19(21-15-4-6-16(7-5-15)30(24,25)26)23-20(14(12)3)22-18-9-8-17(10-13(18)2)31(27,28)29;1-2/h4-11H,1-3H3,(H2,21,22,23)(H,24,25,26)(H,27,28,29);1-2H3. The van der Waals surface area contributed by atoms with Gasteiger partial charge in [0.1, 0.15) is 11.6 Å². The fraction of sp³-hybridized carbons (Fsp3) is 0.227. The predicted octanol–water partition coefficient (Wildman–Crippen LogP) is 5.01. The molecule has 0 aliphatic rings. The van der Waals surface area contributed by atoms with E-state index in [2.05, 4.69) is 15.6 Å². The number of benzene rings is 2. The summed E-state index contributed by atoms with van der Waals surface area (Å²) in [5, 5.41) is 6.26. The van der Waals surface area contributed by atoms with Crippen molar-refractivity contribution >= 4 is 43.2 Å². The minimum Gasteiger partial charge on any atom is -0.340 e. The Morgan fingerprint density at radius 2 is 1.27 bits per heavy atom. The summed E-state index contributed by atoms with van der Waals surface area (Å²) in [6.45, 7) is 9.50. The number of nitrogens with zero attached hydrogens (tertiary/aromatic N) is 1. The number of pyridine rings is 1. The maximum Gasteiger partial charge on any atom is 0.294 e. The Morgan fingerprint density at radius 1 is 0.727 bits per heavy atom. The topological polar surface area (TPSA) is 146 Å². The van der Waals surface area contributed by atoms with Gasteiger partial charge < -0.3 is 10.6 Å². The van der Waals surface area contributed by atoms with Crippen molar-refractivity contribution in [1.82, 2.24) is 4.98 Å². The predicted molar refractivity (Wildman–Crippen MR) is 129 cm³/mol. The van der Waals surface area contributed by atoms with Crippen molar-refractivity contribution in [1.29, 1.82) is 0 Å². The molecule has 178 valence electrons. The molecule has 0 saturated heterocycles. The highest BCUT2D eigenvalue weighted by atomic mass is 32.2. The van der Waals surface area contributed by atoms with Crippen molar-refractivity contribution in [2.24, 2.45) is 0 Å². The highest BCUT2D eigenvalue weighted by Crippen LogP contribution is 2.28. The second-order valence-corrected chi connectivity index (χ2v) is 9.84. The molecule has 0 unspecified atom stereocenters. The molecule has 1 aromatic heterocycles. The van der Waals surface area contributed by atoms with Crippen LogP contribution in [0, 0.1) is 20.8 Å². The summed E-state index contributed by atoms with van der Waals surface area (Å²) in [7, 11) is -8.56. The monoisotopic (exact) mass is 493 g/mol. The first kappa shape index (κ1) is 26.3. The number of nitrogens with one attached hydrogen (secondary N) is 2. The second-order valence-electron chi connectivity index (χ2n) is 7.00. The minimum absolute atomic E-state index is 0.194. The van der Waals surface area contributed by atoms with Crippen LogP contribution < -0.4 is 10.6 Å². The summed E-state index contributed by atoms with van der Waals surface area (Å²) in [6, 6.07) is 11.6. The molecule has 1 heterocycles. The number of rotatable bonds is 6. The molecule has 0 saturated carbocycles. The summed E-state index contributed by atoms with van der Waals surface area (Å²) in [6.07, 6.45) is 0. The highest BCUT2D eigenvalue weighted by Gasteiger charge is 2.13. The maximum absolute atomic E-state index is 11.3. The van der Waals surface area contributed by atoms with E-state index >= 15 is 0 Å². The van der Waals surface area contributed by atoms with Crippen LogP contribution in [0.5, 0.6) is 0 Å². The first-order valence-electron chi connectivity index (χ1n) is 10.0. The highest BCUT2D eigenvalue weighted by molar-refractivity contribution is 7.86. The molecule has 0 spiro atoms. The molecule has 2 aromatic carbocycles. The van der Waals surface area contributed by atoms with Gasteiger partial charge in [0, 0.05) is 11.4 Å². The Morgan fingerprint density at radius 3 is 1.79 bits per heavy atom. The smallest absolute Gasteiger partial charge is 0.294 e. The summed E-state index contributed by atoms with van der Waals surface area (Å²) in [5.41, 5.74) is 3.61. The van der Waals surface area contributed by atoms with E-state index < -0.39 is 20.2 Å². The van der Waals surface area contributed by atoms with Crippen LogP contribution in [-0.2, 0) is 20.2 Å². The fourth-order valence-electron chi connectivity index (χ4n) is 2.84. The molecule has 3 aromatic rings. The van der Waals surface area contributed by atoms with Crippen molar-refractivity contribution in [2.45, 2.75) is 44.4 Å². The van der Waals surface area contributed by atoms with Gasteiger partial charge in [0.25, 0.3) is 20.2 Å². The van der Waals surface area contributed by atoms with Gasteiger partial charge in [-0.25, -0.2) is 4.98 Å². The van der Waals surface area contributed by atoms with Crippen LogP contribution in [0.25, 0.3) is 0 Å². The zero-order valence-electron chi connectivity index (χ0n) is 18.9. The van der Waals surface area contributed by atoms with Crippen molar-refractivity contribution in [3.63, 3.8) is 0 Å². The Hall–Kier alpha value is -2.99. The van der Waals surface area contributed by atoms with Crippen LogP contribution in [0.2, 0.25) is 0 Å². The van der Waals surface area contributed by atoms with Crippen molar-refractivity contribution < 1.29 is 25.9 Å². The molecule has 0 aliphatic carbocycles. The summed E-state index contributed by atoms with van der Waals surface area (Å²) in [4.78, 5) is 4.14. The fourth-order valence-corrected chi connectivity index (χ4v) is 3.89. The van der Waals surface area contributed by atoms with E-state index in [4.69, 9.17) is 4.55 Å². The Kier molecular flexibility index (Phi) is 8.20. The Labute approximate surface area is 194 Å². The lowest BCUT2D eigenvalue weighted by Crippen LogP contribution is -2.05. The molecule has 33 heavy (non-hydrogen) atoms. The van der Waals surface area contributed by atoms with Gasteiger partial charge in [-0.2, -0.15) is 16.8 Å². The lowest BCUT2D eigenvalue weighted by molar-refractivity contribution is 0.481. The molecule has 3 rings (SSSR count). The average Bonchev–Trinajstić information content (AvgIpc) is 2.73. The SMILES string of the molecule is CC.Cc1cc(S(=O)(=O)O)ccc1Nc1nc(Nc2ccc(S(=O)(=O)O)cc2)cc(C)c1C. The van der Waals surface area contributed by atoms with Gasteiger partial charge in [0.05, 0.1) is 9.79 Å². The molecule has 11 heteroatoms. The second kappa shape index (κ2) is 10.3. The van der Waals surface area contributed by atoms with Crippen LogP contribution in [0.4, 0.5) is 23.0 Å². The zero-order chi connectivity index (χ0) is 25.0. The summed E-state index contributed by atoms with van der Waals surface area (Å²) < 4.78 is 63.3. The van der Waals surface area contributed by atoms with Gasteiger partial charge in [-0.1, -0.05) is 13.8 Å².